The Morgan fingerprint density at radius 3 is 2.19 bits per heavy atom. The van der Waals surface area contributed by atoms with E-state index in [0.29, 0.717) is 0 Å². The van der Waals surface area contributed by atoms with Gasteiger partial charge < -0.3 is 10.5 Å². The molecule has 0 spiro atoms. The Bertz CT molecular complexity index is 160. The van der Waals surface area contributed by atoms with E-state index in [1.807, 2.05) is 12.2 Å². The van der Waals surface area contributed by atoms with E-state index in [4.69, 9.17) is 10.5 Å². The lowest BCUT2D eigenvalue weighted by atomic mass is 10.1. The molecule has 0 aliphatic rings. The summed E-state index contributed by atoms with van der Waals surface area (Å²) in [4.78, 5) is 8.00. The predicted octanol–water partition coefficient (Wildman–Crippen LogP) is 2.66. The molecule has 1 heterocycles. The highest BCUT2D eigenvalue weighted by atomic mass is 32.1. The highest BCUT2D eigenvalue weighted by molar-refractivity contribution is 7.03. The van der Waals surface area contributed by atoms with Gasteiger partial charge in [-0.15, -0.1) is 5.10 Å². The van der Waals surface area contributed by atoms with E-state index in [-0.39, 0.29) is 0 Å². The van der Waals surface area contributed by atoms with Crippen molar-refractivity contribution in [2.24, 2.45) is 5.73 Å². The summed E-state index contributed by atoms with van der Waals surface area (Å²) < 4.78 is 3.51. The summed E-state index contributed by atoms with van der Waals surface area (Å²) in [6.07, 6.45) is 9.71. The van der Waals surface area contributed by atoms with Crippen molar-refractivity contribution in [3.8, 4) is 0 Å². The van der Waals surface area contributed by atoms with Crippen molar-refractivity contribution < 1.29 is 4.79 Å². The van der Waals surface area contributed by atoms with Crippen LogP contribution in [0.3, 0.4) is 0 Å². The van der Waals surface area contributed by atoms with E-state index in [0.717, 1.165) is 6.54 Å². The van der Waals surface area contributed by atoms with Gasteiger partial charge in [-0.05, 0) is 24.5 Å². The van der Waals surface area contributed by atoms with Gasteiger partial charge in [0.2, 0.25) is 0 Å². The Morgan fingerprint density at radius 1 is 1.19 bits per heavy atom. The molecule has 1 rings (SSSR count). The molecule has 0 aliphatic heterocycles. The quantitative estimate of drug-likeness (QED) is 0.782. The third-order valence-electron chi connectivity index (χ3n) is 1.84. The molecule has 1 aromatic rings. The summed E-state index contributed by atoms with van der Waals surface area (Å²) >= 11 is 1.35. The van der Waals surface area contributed by atoms with E-state index < -0.39 is 0 Å². The molecule has 0 saturated heterocycles. The van der Waals surface area contributed by atoms with Gasteiger partial charge in [0, 0.05) is 5.38 Å². The number of nitrogens with zero attached hydrogens (tertiary/aromatic N) is 2. The highest BCUT2D eigenvalue weighted by Gasteiger charge is 1.85. The number of carbonyl (C=O) groups is 1. The molecular formula is C11H23N3OS. The van der Waals surface area contributed by atoms with Gasteiger partial charge in [-0.25, -0.2) is 0 Å². The largest absolute Gasteiger partial charge is 0.330 e. The molecule has 0 radical (unpaired) electrons. The molecule has 0 fully saturated rings. The first-order valence-corrected chi connectivity index (χ1v) is 6.45. The Balaban J connectivity index is 0. The average Bonchev–Trinajstić information content (AvgIpc) is 2.90. The normalized spacial score (nSPS) is 8.38. The molecule has 16 heavy (non-hydrogen) atoms. The summed E-state index contributed by atoms with van der Waals surface area (Å²) in [6.45, 7) is 5.11. The zero-order valence-corrected chi connectivity index (χ0v) is 10.9. The topological polar surface area (TPSA) is 68.9 Å². The van der Waals surface area contributed by atoms with Crippen LogP contribution in [0.25, 0.3) is 0 Å². The summed E-state index contributed by atoms with van der Waals surface area (Å²) in [5, 5.41) is 5.31. The van der Waals surface area contributed by atoms with E-state index in [1.165, 1.54) is 50.1 Å². The lowest BCUT2D eigenvalue weighted by Gasteiger charge is -1.96. The smallest absolute Gasteiger partial charge is 0.106 e. The fourth-order valence-corrected chi connectivity index (χ4v) is 1.33. The first-order chi connectivity index (χ1) is 7.91. The minimum Gasteiger partial charge on any atom is -0.330 e. The van der Waals surface area contributed by atoms with Crippen molar-refractivity contribution in [1.82, 2.24) is 9.59 Å². The minimum atomic E-state index is 0.867. The lowest BCUT2D eigenvalue weighted by molar-refractivity contribution is -0.0979. The van der Waals surface area contributed by atoms with Crippen molar-refractivity contribution in [2.45, 2.75) is 45.4 Å². The van der Waals surface area contributed by atoms with Crippen molar-refractivity contribution in [3.05, 3.63) is 11.6 Å². The number of hydrogen-bond acceptors (Lipinski definition) is 5. The molecule has 0 saturated carbocycles. The van der Waals surface area contributed by atoms with Crippen LogP contribution in [0.4, 0.5) is 0 Å². The standard InChI is InChI=1S/C8H19N.C2H2N2S.CH2O/c1-2-3-4-5-6-7-8-9;1-2-5-4-3-1;1-2/h2-9H2,1H3;1-2H;1H2. The van der Waals surface area contributed by atoms with Crippen molar-refractivity contribution in [3.63, 3.8) is 0 Å². The molecule has 5 heteroatoms. The van der Waals surface area contributed by atoms with Crippen LogP contribution in [-0.4, -0.2) is 22.9 Å². The third kappa shape index (κ3) is 18.9. The second kappa shape index (κ2) is 19.7. The first kappa shape index (κ1) is 17.6. The maximum atomic E-state index is 8.00. The van der Waals surface area contributed by atoms with Crippen LogP contribution in [0, 0.1) is 0 Å². The lowest BCUT2D eigenvalue weighted by Crippen LogP contribution is -1.97. The van der Waals surface area contributed by atoms with Crippen LogP contribution < -0.4 is 5.73 Å². The number of carbonyl (C=O) groups excluding carboxylic acids is 1. The molecule has 0 amide bonds. The van der Waals surface area contributed by atoms with E-state index in [9.17, 15) is 0 Å². The Hall–Kier alpha value is -0.810. The number of aromatic nitrogens is 2. The molecule has 1 aromatic heterocycles. The Kier molecular flexibility index (Phi) is 21.7. The Labute approximate surface area is 102 Å². The van der Waals surface area contributed by atoms with E-state index in [2.05, 4.69) is 16.5 Å². The number of nitrogens with two attached hydrogens (primary N) is 1. The SMILES string of the molecule is C=O.CCCCCCCCN.c1csnn1. The van der Waals surface area contributed by atoms with Crippen LogP contribution in [0.15, 0.2) is 11.6 Å². The van der Waals surface area contributed by atoms with Crippen molar-refractivity contribution >= 4 is 18.3 Å². The summed E-state index contributed by atoms with van der Waals surface area (Å²) in [7, 11) is 0. The van der Waals surface area contributed by atoms with Crippen LogP contribution in [0.5, 0.6) is 0 Å². The van der Waals surface area contributed by atoms with E-state index >= 15 is 0 Å². The van der Waals surface area contributed by atoms with Gasteiger partial charge in [0.15, 0.2) is 0 Å². The molecule has 0 unspecified atom stereocenters. The summed E-state index contributed by atoms with van der Waals surface area (Å²) in [5.41, 5.74) is 5.34. The molecule has 94 valence electrons. The van der Waals surface area contributed by atoms with Gasteiger partial charge in [0.25, 0.3) is 0 Å². The van der Waals surface area contributed by atoms with Crippen LogP contribution in [0.2, 0.25) is 0 Å². The minimum absolute atomic E-state index is 0.867. The molecule has 0 aliphatic carbocycles. The van der Waals surface area contributed by atoms with Crippen molar-refractivity contribution in [1.29, 1.82) is 0 Å². The molecule has 0 bridgehead atoms. The molecule has 0 aromatic carbocycles. The second-order valence-electron chi connectivity index (χ2n) is 3.14. The van der Waals surface area contributed by atoms with Crippen molar-refractivity contribution in [2.75, 3.05) is 6.54 Å². The van der Waals surface area contributed by atoms with Gasteiger partial charge in [-0.3, -0.25) is 0 Å². The maximum absolute atomic E-state index is 8.00. The third-order valence-corrected chi connectivity index (χ3v) is 2.27. The van der Waals surface area contributed by atoms with Gasteiger partial charge >= 0.3 is 0 Å². The molecule has 2 N–H and O–H groups in total. The predicted molar refractivity (Wildman–Crippen MR) is 69.5 cm³/mol. The summed E-state index contributed by atoms with van der Waals surface area (Å²) in [5.74, 6) is 0. The van der Waals surface area contributed by atoms with Gasteiger partial charge in [-0.2, -0.15) is 0 Å². The van der Waals surface area contributed by atoms with Crippen LogP contribution in [0.1, 0.15) is 45.4 Å². The molecular weight excluding hydrogens is 222 g/mol. The van der Waals surface area contributed by atoms with Gasteiger partial charge in [0.1, 0.15) is 6.79 Å². The molecule has 4 nitrogen and oxygen atoms in total. The van der Waals surface area contributed by atoms with Crippen LogP contribution >= 0.6 is 11.5 Å². The van der Waals surface area contributed by atoms with Crippen LogP contribution in [-0.2, 0) is 4.79 Å². The Morgan fingerprint density at radius 2 is 1.81 bits per heavy atom. The fraction of sp³-hybridized carbons (Fsp3) is 0.727. The molecule has 0 atom stereocenters. The number of unbranched alkanes of at least 4 members (excludes halogenated alkanes) is 5. The number of hydrogen-bond donors (Lipinski definition) is 1. The van der Waals surface area contributed by atoms with Gasteiger partial charge in [-0.1, -0.05) is 43.5 Å². The zero-order valence-electron chi connectivity index (χ0n) is 10.1. The maximum Gasteiger partial charge on any atom is 0.106 e. The second-order valence-corrected chi connectivity index (χ2v) is 3.79. The zero-order chi connectivity index (χ0) is 12.5. The summed E-state index contributed by atoms with van der Waals surface area (Å²) in [6, 6.07) is 0. The van der Waals surface area contributed by atoms with Gasteiger partial charge in [0.05, 0.1) is 6.20 Å². The average molecular weight is 245 g/mol. The highest BCUT2D eigenvalue weighted by Crippen LogP contribution is 2.03. The monoisotopic (exact) mass is 245 g/mol. The first-order valence-electron chi connectivity index (χ1n) is 5.61. The number of rotatable bonds is 6. The van der Waals surface area contributed by atoms with E-state index in [1.54, 1.807) is 6.20 Å². The fourth-order valence-electron chi connectivity index (χ4n) is 1.06.